The molecule has 0 saturated heterocycles. The minimum absolute atomic E-state index is 0.0137. The summed E-state index contributed by atoms with van der Waals surface area (Å²) in [7, 11) is 0. The molecule has 0 amide bonds. The summed E-state index contributed by atoms with van der Waals surface area (Å²) >= 11 is 0. The van der Waals surface area contributed by atoms with Gasteiger partial charge >= 0.3 is 11.9 Å². The molecule has 19 heavy (non-hydrogen) atoms. The van der Waals surface area contributed by atoms with Gasteiger partial charge in [-0.15, -0.1) is 0 Å². The average molecular weight is 262 g/mol. The number of carboxylic acid groups (broad SMARTS) is 1. The summed E-state index contributed by atoms with van der Waals surface area (Å²) in [5.41, 5.74) is 0.605. The third kappa shape index (κ3) is 2.92. The Morgan fingerprint density at radius 1 is 1.42 bits per heavy atom. The Hall–Kier alpha value is -2.77. The summed E-state index contributed by atoms with van der Waals surface area (Å²) in [6, 6.07) is 8.61. The maximum absolute atomic E-state index is 11.2. The highest BCUT2D eigenvalue weighted by Gasteiger charge is 2.23. The highest BCUT2D eigenvalue weighted by Crippen LogP contribution is 2.18. The van der Waals surface area contributed by atoms with E-state index in [1.165, 1.54) is 0 Å². The van der Waals surface area contributed by atoms with Crippen molar-refractivity contribution >= 4 is 11.9 Å². The third-order valence-corrected chi connectivity index (χ3v) is 2.56. The van der Waals surface area contributed by atoms with Gasteiger partial charge in [-0.05, 0) is 10.5 Å². The van der Waals surface area contributed by atoms with Gasteiger partial charge in [0.2, 0.25) is 6.33 Å². The fourth-order valence-electron chi connectivity index (χ4n) is 1.65. The van der Waals surface area contributed by atoms with Crippen molar-refractivity contribution in [2.75, 3.05) is 0 Å². The van der Waals surface area contributed by atoms with Crippen molar-refractivity contribution < 1.29 is 14.8 Å². The number of aliphatic carboxylic acids is 1. The first-order valence-electron chi connectivity index (χ1n) is 5.39. The Morgan fingerprint density at radius 3 is 2.63 bits per heavy atom. The second-order valence-corrected chi connectivity index (χ2v) is 3.83. The van der Waals surface area contributed by atoms with Crippen molar-refractivity contribution in [2.45, 2.75) is 12.5 Å². The Morgan fingerprint density at radius 2 is 2.11 bits per heavy atom. The Labute approximate surface area is 107 Å². The van der Waals surface area contributed by atoms with Gasteiger partial charge in [-0.3, -0.25) is 4.79 Å². The van der Waals surface area contributed by atoms with Gasteiger partial charge in [-0.2, -0.15) is 4.68 Å². The zero-order chi connectivity index (χ0) is 13.8. The van der Waals surface area contributed by atoms with Crippen LogP contribution >= 0.6 is 0 Å². The van der Waals surface area contributed by atoms with Crippen LogP contribution in [0.25, 0.3) is 0 Å². The fraction of sp³-hybridized carbons (Fsp3) is 0.182. The van der Waals surface area contributed by atoms with Gasteiger partial charge < -0.3 is 15.2 Å². The standard InChI is InChI=1S/C11H10N4O4/c16-10(17)9(8-4-2-1-3-5-8)6-14-7-12-11(13-14)15(18)19/h1-5,7,9H,6H2,(H,16,17). The van der Waals surface area contributed by atoms with Crippen molar-refractivity contribution in [3.05, 3.63) is 52.3 Å². The zero-order valence-electron chi connectivity index (χ0n) is 9.71. The fourth-order valence-corrected chi connectivity index (χ4v) is 1.65. The first-order chi connectivity index (χ1) is 9.08. The van der Waals surface area contributed by atoms with E-state index in [4.69, 9.17) is 0 Å². The van der Waals surface area contributed by atoms with Crippen molar-refractivity contribution in [3.8, 4) is 0 Å². The van der Waals surface area contributed by atoms with E-state index in [2.05, 4.69) is 10.1 Å². The molecule has 1 aromatic carbocycles. The van der Waals surface area contributed by atoms with Crippen LogP contribution < -0.4 is 0 Å². The van der Waals surface area contributed by atoms with Gasteiger partial charge in [0.25, 0.3) is 0 Å². The molecule has 98 valence electrons. The molecule has 1 atom stereocenters. The quantitative estimate of drug-likeness (QED) is 0.636. The van der Waals surface area contributed by atoms with E-state index in [9.17, 15) is 20.0 Å². The lowest BCUT2D eigenvalue weighted by Crippen LogP contribution is -2.18. The van der Waals surface area contributed by atoms with E-state index in [1.54, 1.807) is 30.3 Å². The van der Waals surface area contributed by atoms with E-state index >= 15 is 0 Å². The van der Waals surface area contributed by atoms with Gasteiger partial charge in [-0.25, -0.2) is 0 Å². The number of hydrogen-bond donors (Lipinski definition) is 1. The van der Waals surface area contributed by atoms with Crippen LogP contribution in [-0.2, 0) is 11.3 Å². The van der Waals surface area contributed by atoms with Gasteiger partial charge in [0.15, 0.2) is 0 Å². The number of hydrogen-bond acceptors (Lipinski definition) is 5. The number of rotatable bonds is 5. The molecular weight excluding hydrogens is 252 g/mol. The molecule has 0 spiro atoms. The van der Waals surface area contributed by atoms with Crippen molar-refractivity contribution in [1.29, 1.82) is 0 Å². The molecule has 2 rings (SSSR count). The van der Waals surface area contributed by atoms with Crippen LogP contribution in [0.5, 0.6) is 0 Å². The molecule has 0 aliphatic heterocycles. The van der Waals surface area contributed by atoms with Gasteiger partial charge in [0, 0.05) is 5.10 Å². The van der Waals surface area contributed by atoms with Crippen LogP contribution in [0.1, 0.15) is 11.5 Å². The molecule has 2 aromatic rings. The molecule has 0 bridgehead atoms. The molecule has 8 nitrogen and oxygen atoms in total. The largest absolute Gasteiger partial charge is 0.490 e. The summed E-state index contributed by atoms with van der Waals surface area (Å²) < 4.78 is 1.16. The molecule has 1 aromatic heterocycles. The lowest BCUT2D eigenvalue weighted by atomic mass is 9.99. The maximum Gasteiger partial charge on any atom is 0.490 e. The van der Waals surface area contributed by atoms with Gasteiger partial charge in [0.1, 0.15) is 5.92 Å². The summed E-state index contributed by atoms with van der Waals surface area (Å²) in [6.07, 6.45) is 1.15. The Kier molecular flexibility index (Phi) is 3.51. The predicted molar refractivity (Wildman–Crippen MR) is 63.5 cm³/mol. The minimum atomic E-state index is -1.02. The molecule has 0 fully saturated rings. The molecule has 1 heterocycles. The second kappa shape index (κ2) is 5.25. The maximum atomic E-state index is 11.2. The van der Waals surface area contributed by atoms with Crippen LogP contribution in [0.2, 0.25) is 0 Å². The number of carboxylic acids is 1. The normalized spacial score (nSPS) is 12.0. The number of aromatic nitrogens is 3. The van der Waals surface area contributed by atoms with Crippen LogP contribution in [0.15, 0.2) is 36.7 Å². The summed E-state index contributed by atoms with van der Waals surface area (Å²) in [6.45, 7) is -0.0137. The van der Waals surface area contributed by atoms with Crippen molar-refractivity contribution in [3.63, 3.8) is 0 Å². The molecule has 0 aliphatic carbocycles. The zero-order valence-corrected chi connectivity index (χ0v) is 9.71. The SMILES string of the molecule is O=C(O)C(Cn1cnc([N+](=O)[O-])n1)c1ccccc1. The van der Waals surface area contributed by atoms with Crippen LogP contribution in [0.3, 0.4) is 0 Å². The van der Waals surface area contributed by atoms with E-state index < -0.39 is 22.8 Å². The van der Waals surface area contributed by atoms with Gasteiger partial charge in [0.05, 0.1) is 6.54 Å². The monoisotopic (exact) mass is 262 g/mol. The van der Waals surface area contributed by atoms with Crippen molar-refractivity contribution in [1.82, 2.24) is 14.8 Å². The Balaban J connectivity index is 2.22. The molecule has 0 saturated carbocycles. The summed E-state index contributed by atoms with van der Waals surface area (Å²) in [5, 5.41) is 23.3. The first-order valence-corrected chi connectivity index (χ1v) is 5.39. The molecule has 1 N–H and O–H groups in total. The van der Waals surface area contributed by atoms with Crippen molar-refractivity contribution in [2.24, 2.45) is 0 Å². The van der Waals surface area contributed by atoms with Crippen LogP contribution in [0, 0.1) is 10.1 Å². The highest BCUT2D eigenvalue weighted by atomic mass is 16.6. The van der Waals surface area contributed by atoms with Crippen LogP contribution in [0.4, 0.5) is 5.95 Å². The van der Waals surface area contributed by atoms with E-state index in [1.807, 2.05) is 0 Å². The summed E-state index contributed by atoms with van der Waals surface area (Å²) in [5.74, 6) is -2.40. The number of benzene rings is 1. The highest BCUT2D eigenvalue weighted by molar-refractivity contribution is 5.75. The van der Waals surface area contributed by atoms with Crippen LogP contribution in [-0.4, -0.2) is 30.8 Å². The smallest absolute Gasteiger partial charge is 0.481 e. The number of nitrogens with zero attached hydrogens (tertiary/aromatic N) is 4. The minimum Gasteiger partial charge on any atom is -0.481 e. The molecular formula is C11H10N4O4. The van der Waals surface area contributed by atoms with E-state index in [-0.39, 0.29) is 6.54 Å². The predicted octanol–water partition coefficient (Wildman–Crippen LogP) is 1.05. The molecule has 0 aliphatic rings. The Bertz CT molecular complexity index is 596. The number of carbonyl (C=O) groups is 1. The lowest BCUT2D eigenvalue weighted by molar-refractivity contribution is -0.394. The molecule has 1 unspecified atom stereocenters. The molecule has 0 radical (unpaired) electrons. The second-order valence-electron chi connectivity index (χ2n) is 3.83. The summed E-state index contributed by atoms with van der Waals surface area (Å²) in [4.78, 5) is 24.5. The lowest BCUT2D eigenvalue weighted by Gasteiger charge is -2.10. The number of nitro groups is 1. The molecule has 8 heteroatoms. The first kappa shape index (κ1) is 12.7. The van der Waals surface area contributed by atoms with Gasteiger partial charge in [-0.1, -0.05) is 35.3 Å². The topological polar surface area (TPSA) is 111 Å². The third-order valence-electron chi connectivity index (χ3n) is 2.56. The van der Waals surface area contributed by atoms with E-state index in [0.717, 1.165) is 11.0 Å². The average Bonchev–Trinajstić information content (AvgIpc) is 2.85. The van der Waals surface area contributed by atoms with E-state index in [0.29, 0.717) is 5.56 Å².